The molecule has 5 rings (SSSR count). The number of benzene rings is 1. The van der Waals surface area contributed by atoms with Crippen LogP contribution in [0, 0.1) is 28.6 Å². The number of nitriles is 1. The zero-order valence-electron chi connectivity index (χ0n) is 19.2. The monoisotopic (exact) mass is 477 g/mol. The van der Waals surface area contributed by atoms with E-state index in [1.54, 1.807) is 6.07 Å². The molecular weight excluding hydrogens is 447 g/mol. The van der Waals surface area contributed by atoms with E-state index in [9.17, 15) is 28.3 Å². The molecule has 34 heavy (non-hydrogen) atoms. The molecule has 0 spiro atoms. The Labute approximate surface area is 196 Å². The van der Waals surface area contributed by atoms with Crippen LogP contribution in [0.4, 0.5) is 18.9 Å². The third-order valence-electron chi connectivity index (χ3n) is 8.12. The molecule has 2 saturated heterocycles. The molecule has 7 nitrogen and oxygen atoms in total. The lowest BCUT2D eigenvalue weighted by Crippen LogP contribution is -2.52. The number of hydrazine groups is 1. The third-order valence-corrected chi connectivity index (χ3v) is 8.12. The van der Waals surface area contributed by atoms with Gasteiger partial charge in [0, 0.05) is 29.7 Å². The maximum Gasteiger partial charge on any atom is 0.421 e. The summed E-state index contributed by atoms with van der Waals surface area (Å²) >= 11 is 0. The minimum atomic E-state index is -4.80. The smallest absolute Gasteiger partial charge is 0.376 e. The van der Waals surface area contributed by atoms with E-state index >= 15 is 0 Å². The van der Waals surface area contributed by atoms with Crippen LogP contribution < -0.4 is 16.1 Å². The molecule has 3 fully saturated rings. The summed E-state index contributed by atoms with van der Waals surface area (Å²) < 4.78 is 41.6. The van der Waals surface area contributed by atoms with Gasteiger partial charge in [-0.05, 0) is 54.9 Å². The quantitative estimate of drug-likeness (QED) is 0.521. The largest absolute Gasteiger partial charge is 0.421 e. The fourth-order valence-corrected chi connectivity index (χ4v) is 6.24. The van der Waals surface area contributed by atoms with Gasteiger partial charge in [-0.2, -0.15) is 18.4 Å². The Morgan fingerprint density at radius 2 is 2.06 bits per heavy atom. The molecule has 2 aliphatic carbocycles. The number of nitrogens with one attached hydrogen (secondary N) is 3. The molecule has 5 atom stereocenters. The van der Waals surface area contributed by atoms with Crippen LogP contribution in [0.15, 0.2) is 18.2 Å². The van der Waals surface area contributed by atoms with Gasteiger partial charge in [-0.15, -0.1) is 0 Å². The van der Waals surface area contributed by atoms with Crippen molar-refractivity contribution in [3.05, 3.63) is 29.3 Å². The summed E-state index contributed by atoms with van der Waals surface area (Å²) in [7, 11) is 0. The van der Waals surface area contributed by atoms with Crippen LogP contribution in [-0.4, -0.2) is 47.0 Å². The second-order valence-electron chi connectivity index (χ2n) is 10.7. The maximum absolute atomic E-state index is 13.9. The average Bonchev–Trinajstić information content (AvgIpc) is 3.49. The van der Waals surface area contributed by atoms with E-state index in [0.29, 0.717) is 30.1 Å². The number of alkyl halides is 3. The van der Waals surface area contributed by atoms with Crippen molar-refractivity contribution in [1.29, 1.82) is 5.26 Å². The van der Waals surface area contributed by atoms with Gasteiger partial charge in [0.15, 0.2) is 5.60 Å². The minimum Gasteiger partial charge on any atom is -0.376 e. The molecule has 2 heterocycles. The minimum absolute atomic E-state index is 0.0258. The first kappa shape index (κ1) is 23.4. The van der Waals surface area contributed by atoms with Crippen LogP contribution in [0.25, 0.3) is 0 Å². The summed E-state index contributed by atoms with van der Waals surface area (Å²) in [4.78, 5) is 12.8. The topological polar surface area (TPSA) is 100 Å². The number of carbonyl (C=O) groups is 1. The van der Waals surface area contributed by atoms with Gasteiger partial charge in [-0.1, -0.05) is 19.9 Å². The van der Waals surface area contributed by atoms with E-state index in [1.807, 2.05) is 0 Å². The molecule has 10 heteroatoms. The number of fused-ring (bicyclic) bond motifs is 2. The van der Waals surface area contributed by atoms with Crippen LogP contribution in [0.2, 0.25) is 0 Å². The number of nitrogens with zero attached hydrogens (tertiary/aromatic N) is 2. The molecule has 4 aliphatic rings. The Balaban J connectivity index is 1.42. The summed E-state index contributed by atoms with van der Waals surface area (Å²) in [6, 6.07) is 6.76. The van der Waals surface area contributed by atoms with E-state index in [0.717, 1.165) is 19.3 Å². The van der Waals surface area contributed by atoms with Crippen molar-refractivity contribution in [3.63, 3.8) is 0 Å². The van der Waals surface area contributed by atoms with Crippen molar-refractivity contribution in [2.24, 2.45) is 17.3 Å². The van der Waals surface area contributed by atoms with Crippen molar-refractivity contribution in [1.82, 2.24) is 15.8 Å². The number of halogens is 3. The highest BCUT2D eigenvalue weighted by Gasteiger charge is 2.67. The number of amides is 1. The SMILES string of the molecule is CC1(C)Cc2cc(NC3NN([C@@H](CC#N)C4CC4)C4CCNC(=O)C34)ccc2C1(O)C(F)(F)F. The van der Waals surface area contributed by atoms with Crippen molar-refractivity contribution in [2.45, 2.75) is 76.0 Å². The molecule has 4 unspecified atom stereocenters. The van der Waals surface area contributed by atoms with Crippen LogP contribution >= 0.6 is 0 Å². The number of anilines is 1. The number of hydrogen-bond donors (Lipinski definition) is 4. The highest BCUT2D eigenvalue weighted by molar-refractivity contribution is 5.82. The van der Waals surface area contributed by atoms with E-state index in [2.05, 4.69) is 27.1 Å². The van der Waals surface area contributed by atoms with Gasteiger partial charge in [0.05, 0.1) is 18.4 Å². The van der Waals surface area contributed by atoms with Crippen molar-refractivity contribution in [2.75, 3.05) is 11.9 Å². The fraction of sp³-hybridized carbons (Fsp3) is 0.667. The predicted octanol–water partition coefficient (Wildman–Crippen LogP) is 2.77. The second kappa shape index (κ2) is 7.83. The summed E-state index contributed by atoms with van der Waals surface area (Å²) in [6.45, 7) is 3.42. The molecule has 1 aromatic carbocycles. The third kappa shape index (κ3) is 3.48. The Kier molecular flexibility index (Phi) is 5.39. The Hall–Kier alpha value is -2.35. The molecule has 0 aromatic heterocycles. The van der Waals surface area contributed by atoms with Crippen LogP contribution in [0.5, 0.6) is 0 Å². The van der Waals surface area contributed by atoms with Gasteiger partial charge in [-0.25, -0.2) is 10.4 Å². The lowest BCUT2D eigenvalue weighted by molar-refractivity contribution is -0.299. The number of rotatable bonds is 5. The highest BCUT2D eigenvalue weighted by atomic mass is 19.4. The van der Waals surface area contributed by atoms with E-state index < -0.39 is 29.3 Å². The first-order valence-electron chi connectivity index (χ1n) is 11.9. The van der Waals surface area contributed by atoms with E-state index in [-0.39, 0.29) is 30.0 Å². The summed E-state index contributed by atoms with van der Waals surface area (Å²) in [5.74, 6) is -0.0479. The molecule has 0 radical (unpaired) electrons. The summed E-state index contributed by atoms with van der Waals surface area (Å²) in [5, 5.41) is 28.4. The molecule has 2 aliphatic heterocycles. The summed E-state index contributed by atoms with van der Waals surface area (Å²) in [6.07, 6.45) is -1.91. The van der Waals surface area contributed by atoms with Gasteiger partial charge in [0.1, 0.15) is 6.17 Å². The van der Waals surface area contributed by atoms with Gasteiger partial charge in [0.25, 0.3) is 0 Å². The van der Waals surface area contributed by atoms with E-state index in [4.69, 9.17) is 0 Å². The lowest BCUT2D eigenvalue weighted by Gasteiger charge is -2.38. The first-order chi connectivity index (χ1) is 16.0. The van der Waals surface area contributed by atoms with Gasteiger partial charge in [0.2, 0.25) is 5.91 Å². The number of carbonyl (C=O) groups excluding carboxylic acids is 1. The summed E-state index contributed by atoms with van der Waals surface area (Å²) in [5.41, 5.74) is 0.00681. The zero-order chi connectivity index (χ0) is 24.5. The normalized spacial score (nSPS) is 33.6. The zero-order valence-corrected chi connectivity index (χ0v) is 19.2. The standard InChI is InChI=1S/C24H30F3N5O2/c1-22(2)12-14-11-15(5-6-16(14)23(22,34)24(25,26)27)30-20-19-18(8-10-29-21(19)33)32(31-20)17(7-9-28)13-3-4-13/h5-6,11,13,17-20,30-31,34H,3-4,7-8,10,12H2,1-2H3,(H,29,33)/t17-,18?,19?,20?,23?/m0/s1. The van der Waals surface area contributed by atoms with Gasteiger partial charge >= 0.3 is 6.18 Å². The molecule has 1 aromatic rings. The average molecular weight is 478 g/mol. The fourth-order valence-electron chi connectivity index (χ4n) is 6.24. The van der Waals surface area contributed by atoms with Crippen molar-refractivity contribution < 1.29 is 23.1 Å². The molecule has 184 valence electrons. The molecule has 4 N–H and O–H groups in total. The molecule has 1 saturated carbocycles. The van der Waals surface area contributed by atoms with Crippen LogP contribution in [0.1, 0.15) is 50.7 Å². The second-order valence-corrected chi connectivity index (χ2v) is 10.7. The molecule has 1 amide bonds. The number of piperidine rings is 1. The Morgan fingerprint density at radius 1 is 1.32 bits per heavy atom. The van der Waals surface area contributed by atoms with Crippen molar-refractivity contribution in [3.8, 4) is 6.07 Å². The van der Waals surface area contributed by atoms with E-state index in [1.165, 1.54) is 26.0 Å². The van der Waals surface area contributed by atoms with Gasteiger partial charge < -0.3 is 15.7 Å². The van der Waals surface area contributed by atoms with Crippen LogP contribution in [0.3, 0.4) is 0 Å². The lowest BCUT2D eigenvalue weighted by atomic mass is 9.75. The Morgan fingerprint density at radius 3 is 2.71 bits per heavy atom. The van der Waals surface area contributed by atoms with Gasteiger partial charge in [-0.3, -0.25) is 4.79 Å². The maximum atomic E-state index is 13.9. The Bertz CT molecular complexity index is 1030. The number of aliphatic hydroxyl groups is 1. The van der Waals surface area contributed by atoms with Crippen molar-refractivity contribution >= 4 is 11.6 Å². The van der Waals surface area contributed by atoms with Crippen LogP contribution in [-0.2, 0) is 16.8 Å². The molecular formula is C24H30F3N5O2. The number of hydrogen-bond acceptors (Lipinski definition) is 6. The predicted molar refractivity (Wildman–Crippen MR) is 118 cm³/mol. The molecule has 0 bridgehead atoms. The first-order valence-corrected chi connectivity index (χ1v) is 11.9. The highest BCUT2D eigenvalue weighted by Crippen LogP contribution is 2.58.